The van der Waals surface area contributed by atoms with E-state index in [0.29, 0.717) is 0 Å². The molecule has 0 aromatic heterocycles. The van der Waals surface area contributed by atoms with E-state index in [1.165, 1.54) is 6.08 Å². The Balaban J connectivity index is -0.0000000109. The molecule has 0 aromatic rings. The second-order valence-corrected chi connectivity index (χ2v) is 1.86. The average Bonchev–Trinajstić information content (AvgIpc) is 2.51. The molecular weight excluding hydrogens is 362 g/mol. The molecule has 0 aliphatic rings. The van der Waals surface area contributed by atoms with E-state index in [-0.39, 0.29) is 33.6 Å². The van der Waals surface area contributed by atoms with E-state index in [1.54, 1.807) is 13.8 Å². The molecule has 0 aliphatic heterocycles. The maximum absolute atomic E-state index is 8.71. The molecule has 7 nitrogen and oxygen atoms in total. The van der Waals surface area contributed by atoms with Crippen LogP contribution < -0.4 is 0 Å². The minimum Gasteiger partial charge on any atom is 0 e. The number of aliphatic hydroxyl groups is 1. The summed E-state index contributed by atoms with van der Waals surface area (Å²) in [7, 11) is 0. The van der Waals surface area contributed by atoms with Crippen molar-refractivity contribution in [2.24, 2.45) is 0 Å². The van der Waals surface area contributed by atoms with Gasteiger partial charge >= 0.3 is 67.8 Å². The van der Waals surface area contributed by atoms with E-state index < -0.39 is 5.60 Å². The smallest absolute Gasteiger partial charge is 0 e. The van der Waals surface area contributed by atoms with Crippen LogP contribution in [-0.2, 0) is 61.5 Å². The fourth-order valence-electron chi connectivity index (χ4n) is 0. The van der Waals surface area contributed by atoms with Gasteiger partial charge in [0, 0.05) is 33.6 Å². The molecule has 0 unspecified atom stereocenters. The molecule has 0 spiro atoms. The minimum absolute atomic E-state index is 0. The van der Waals surface area contributed by atoms with Crippen molar-refractivity contribution in [1.29, 1.82) is 0 Å². The number of rotatable bonds is 1. The number of hydrogen-bond acceptors (Lipinski definition) is 1. The minimum atomic E-state index is -0.694. The molecule has 0 amide bonds. The molecule has 0 rings (SSSR count). The first kappa shape index (κ1) is 61.2. The molecular formula is C11H10Co2O7. The zero-order valence-electron chi connectivity index (χ0n) is 10.3. The monoisotopic (exact) mass is 372 g/mol. The molecule has 9 heteroatoms. The largest absolute Gasteiger partial charge is 0 e. The Morgan fingerprint density at radius 3 is 0.750 bits per heavy atom. The van der Waals surface area contributed by atoms with Gasteiger partial charge in [0.2, 0.25) is 0 Å². The third kappa shape index (κ3) is 966. The van der Waals surface area contributed by atoms with Gasteiger partial charge in [0.05, 0.1) is 5.60 Å². The first-order valence-electron chi connectivity index (χ1n) is 3.15. The van der Waals surface area contributed by atoms with Gasteiger partial charge in [0.1, 0.15) is 0 Å². The van der Waals surface area contributed by atoms with Gasteiger partial charge in [-0.1, -0.05) is 6.08 Å². The Bertz CT molecular complexity index is 197. The van der Waals surface area contributed by atoms with Crippen LogP contribution in [0.4, 0.5) is 0 Å². The Morgan fingerprint density at radius 2 is 0.750 bits per heavy atom. The van der Waals surface area contributed by atoms with Crippen LogP contribution in [0.25, 0.3) is 0 Å². The molecule has 0 fully saturated rings. The van der Waals surface area contributed by atoms with Crippen LogP contribution in [0.15, 0.2) is 12.7 Å². The first-order chi connectivity index (χ1) is 8.56. The predicted molar refractivity (Wildman–Crippen MR) is 50.1 cm³/mol. The van der Waals surface area contributed by atoms with E-state index in [1.807, 2.05) is 0 Å². The predicted octanol–water partition coefficient (Wildman–Crippen LogP) is 0.713. The van der Waals surface area contributed by atoms with E-state index in [4.69, 9.17) is 33.0 Å². The van der Waals surface area contributed by atoms with Crippen LogP contribution >= 0.6 is 0 Å². The van der Waals surface area contributed by atoms with Gasteiger partial charge < -0.3 is 5.11 Å². The summed E-state index contributed by atoms with van der Waals surface area (Å²) in [6.07, 6.45) is 1.49. The van der Waals surface area contributed by atoms with Gasteiger partial charge in [0.15, 0.2) is 0 Å². The van der Waals surface area contributed by atoms with Crippen molar-refractivity contribution in [3.63, 3.8) is 0 Å². The van der Waals surface area contributed by atoms with Crippen molar-refractivity contribution >= 4 is 0 Å². The Hall–Kier alpha value is -0.847. The van der Waals surface area contributed by atoms with Gasteiger partial charge in [0.25, 0.3) is 0 Å². The normalized spacial score (nSPS) is 3.95. The molecule has 0 aliphatic carbocycles. The third-order valence-electron chi connectivity index (χ3n) is 0.500. The Kier molecular flexibility index (Phi) is 432. The average molecular weight is 372 g/mol. The quantitative estimate of drug-likeness (QED) is 0.404. The Labute approximate surface area is 138 Å². The van der Waals surface area contributed by atoms with Gasteiger partial charge in [-0.3, -0.25) is 0 Å². The Morgan fingerprint density at radius 1 is 0.700 bits per heavy atom. The van der Waals surface area contributed by atoms with Crippen molar-refractivity contribution in [3.05, 3.63) is 52.6 Å². The third-order valence-corrected chi connectivity index (χ3v) is 0.500. The van der Waals surface area contributed by atoms with E-state index >= 15 is 0 Å². The fourth-order valence-corrected chi connectivity index (χ4v) is 0. The van der Waals surface area contributed by atoms with Gasteiger partial charge in [-0.05, 0) is 13.8 Å². The maximum Gasteiger partial charge on any atom is 0 e. The number of hydrogen-bond donors (Lipinski definition) is 1. The van der Waals surface area contributed by atoms with Crippen molar-refractivity contribution in [2.75, 3.05) is 0 Å². The SMILES string of the molecule is C=CC(C)(C)O.[C-]#[O+].[C-]#[O+].[C-]#[O+].[C-]#[O+].[C-]#[O+].[C-]#[O+].[Co].[Co]. The molecule has 0 aromatic carbocycles. The summed E-state index contributed by atoms with van der Waals surface area (Å²) in [6.45, 7) is 33.7. The summed E-state index contributed by atoms with van der Waals surface area (Å²) in [4.78, 5) is 0. The second-order valence-electron chi connectivity index (χ2n) is 1.86. The summed E-state index contributed by atoms with van der Waals surface area (Å²) in [5.41, 5.74) is -0.694. The molecule has 2 radical (unpaired) electrons. The van der Waals surface area contributed by atoms with Crippen LogP contribution in [0.3, 0.4) is 0 Å². The zero-order chi connectivity index (χ0) is 17.2. The molecule has 0 saturated carbocycles. The second kappa shape index (κ2) is 141. The van der Waals surface area contributed by atoms with Crippen LogP contribution in [0.5, 0.6) is 0 Å². The van der Waals surface area contributed by atoms with E-state index in [9.17, 15) is 0 Å². The molecule has 20 heavy (non-hydrogen) atoms. The van der Waals surface area contributed by atoms with Gasteiger partial charge in [-0.2, -0.15) is 0 Å². The van der Waals surface area contributed by atoms with Crippen LogP contribution in [0.1, 0.15) is 13.8 Å². The fraction of sp³-hybridized carbons (Fsp3) is 0.273. The van der Waals surface area contributed by atoms with E-state index in [2.05, 4.69) is 46.5 Å². The van der Waals surface area contributed by atoms with Crippen molar-refractivity contribution in [1.82, 2.24) is 0 Å². The molecule has 0 bridgehead atoms. The summed E-state index contributed by atoms with van der Waals surface area (Å²) in [6, 6.07) is 0. The molecule has 1 N–H and O–H groups in total. The topological polar surface area (TPSA) is 140 Å². The molecule has 0 saturated heterocycles. The summed E-state index contributed by atoms with van der Waals surface area (Å²) in [5.74, 6) is 0. The van der Waals surface area contributed by atoms with Crippen molar-refractivity contribution in [3.8, 4) is 0 Å². The summed E-state index contributed by atoms with van der Waals surface area (Å²) < 4.78 is 45.0. The van der Waals surface area contributed by atoms with Gasteiger partial charge in [-0.25, -0.2) is 0 Å². The first-order valence-corrected chi connectivity index (χ1v) is 3.15. The van der Waals surface area contributed by atoms with Crippen molar-refractivity contribution < 1.29 is 66.6 Å². The van der Waals surface area contributed by atoms with Crippen molar-refractivity contribution in [2.45, 2.75) is 19.4 Å². The van der Waals surface area contributed by atoms with Crippen LogP contribution in [0, 0.1) is 39.9 Å². The molecule has 0 heterocycles. The molecule has 114 valence electrons. The van der Waals surface area contributed by atoms with Crippen LogP contribution in [-0.4, -0.2) is 10.7 Å². The van der Waals surface area contributed by atoms with Crippen LogP contribution in [0.2, 0.25) is 0 Å². The molecule has 0 atom stereocenters. The van der Waals surface area contributed by atoms with Gasteiger partial charge in [-0.15, -0.1) is 6.58 Å². The standard InChI is InChI=1S/C5H10O.6CO.2Co/c1-4-5(2,3)6;6*1-2;;/h4,6H,1H2,2-3H3;;;;;;;;. The summed E-state index contributed by atoms with van der Waals surface area (Å²) >= 11 is 0. The zero-order valence-corrected chi connectivity index (χ0v) is 12.4. The maximum atomic E-state index is 8.71. The summed E-state index contributed by atoms with van der Waals surface area (Å²) in [5, 5.41) is 8.71. The van der Waals surface area contributed by atoms with E-state index in [0.717, 1.165) is 0 Å².